The molecule has 0 atom stereocenters. The van der Waals surface area contributed by atoms with E-state index < -0.39 is 0 Å². The molecule has 2 heterocycles. The summed E-state index contributed by atoms with van der Waals surface area (Å²) in [6.07, 6.45) is 1.51. The minimum absolute atomic E-state index is 0.281. The number of aromatic nitrogens is 2. The molecule has 1 aliphatic heterocycles. The van der Waals surface area contributed by atoms with Gasteiger partial charge in [-0.15, -0.1) is 0 Å². The van der Waals surface area contributed by atoms with Crippen molar-refractivity contribution in [1.82, 2.24) is 14.7 Å². The second kappa shape index (κ2) is 2.76. The van der Waals surface area contributed by atoms with Crippen molar-refractivity contribution in [2.24, 2.45) is 7.05 Å². The minimum Gasteiger partial charge on any atom is -0.453 e. The predicted octanol–water partition coefficient (Wildman–Crippen LogP) is 0.502. The van der Waals surface area contributed by atoms with Crippen molar-refractivity contribution in [3.05, 3.63) is 17.5 Å². The molecule has 1 aromatic heterocycles. The van der Waals surface area contributed by atoms with Crippen LogP contribution in [-0.2, 0) is 24.9 Å². The molecule has 0 fully saturated rings. The first kappa shape index (κ1) is 8.10. The van der Waals surface area contributed by atoms with Gasteiger partial charge >= 0.3 is 6.09 Å². The Morgan fingerprint density at radius 3 is 3.00 bits per heavy atom. The second-order valence-corrected chi connectivity index (χ2v) is 3.07. The highest BCUT2D eigenvalue weighted by Gasteiger charge is 2.26. The van der Waals surface area contributed by atoms with Crippen LogP contribution in [0.4, 0.5) is 4.79 Å². The minimum atomic E-state index is -0.281. The zero-order chi connectivity index (χ0) is 9.42. The molecule has 2 rings (SSSR count). The van der Waals surface area contributed by atoms with Crippen LogP contribution < -0.4 is 0 Å². The molecule has 13 heavy (non-hydrogen) atoms. The van der Waals surface area contributed by atoms with Gasteiger partial charge in [0.1, 0.15) is 0 Å². The van der Waals surface area contributed by atoms with Gasteiger partial charge in [-0.05, 0) is 0 Å². The lowest BCUT2D eigenvalue weighted by atomic mass is 10.3. The number of methoxy groups -OCH3 is 1. The number of rotatable bonds is 0. The summed E-state index contributed by atoms with van der Waals surface area (Å²) in [5.41, 5.74) is 2.19. The maximum atomic E-state index is 11.2. The Bertz CT molecular complexity index is 345. The highest BCUT2D eigenvalue weighted by molar-refractivity contribution is 5.68. The topological polar surface area (TPSA) is 47.4 Å². The molecule has 0 saturated heterocycles. The van der Waals surface area contributed by atoms with E-state index in [1.807, 2.05) is 7.05 Å². The van der Waals surface area contributed by atoms with Crippen LogP contribution in [0.5, 0.6) is 0 Å². The molecule has 1 aromatic rings. The van der Waals surface area contributed by atoms with Crippen LogP contribution in [0, 0.1) is 0 Å². The highest BCUT2D eigenvalue weighted by atomic mass is 16.5. The van der Waals surface area contributed by atoms with Crippen LogP contribution >= 0.6 is 0 Å². The van der Waals surface area contributed by atoms with E-state index in [4.69, 9.17) is 0 Å². The fourth-order valence-electron chi connectivity index (χ4n) is 1.54. The molecule has 0 unspecified atom stereocenters. The fraction of sp³-hybridized carbons (Fsp3) is 0.500. The molecule has 0 N–H and O–H groups in total. The molecule has 0 saturated carbocycles. The number of aryl methyl sites for hydroxylation is 1. The molecule has 0 aliphatic carbocycles. The van der Waals surface area contributed by atoms with Gasteiger partial charge in [-0.25, -0.2) is 4.79 Å². The van der Waals surface area contributed by atoms with E-state index in [2.05, 4.69) is 9.84 Å². The van der Waals surface area contributed by atoms with Gasteiger partial charge in [0.25, 0.3) is 0 Å². The SMILES string of the molecule is COC(=O)N1Cc2cnn(C)c2C1. The third-order valence-electron chi connectivity index (χ3n) is 2.28. The molecule has 70 valence electrons. The normalized spacial score (nSPS) is 14.5. The van der Waals surface area contributed by atoms with Crippen molar-refractivity contribution in [2.75, 3.05) is 7.11 Å². The molecule has 5 heteroatoms. The van der Waals surface area contributed by atoms with E-state index in [0.29, 0.717) is 13.1 Å². The van der Waals surface area contributed by atoms with Crippen molar-refractivity contribution in [1.29, 1.82) is 0 Å². The average Bonchev–Trinajstić information content (AvgIpc) is 2.67. The van der Waals surface area contributed by atoms with Crippen molar-refractivity contribution in [3.8, 4) is 0 Å². The molecule has 0 bridgehead atoms. The standard InChI is InChI=1S/C8H11N3O2/c1-10-7-5-11(8(12)13-2)4-6(7)3-9-10/h3H,4-5H2,1-2H3. The lowest BCUT2D eigenvalue weighted by Crippen LogP contribution is -2.25. The monoisotopic (exact) mass is 181 g/mol. The summed E-state index contributed by atoms with van der Waals surface area (Å²) >= 11 is 0. The Morgan fingerprint density at radius 1 is 1.62 bits per heavy atom. The summed E-state index contributed by atoms with van der Waals surface area (Å²) < 4.78 is 6.42. The zero-order valence-electron chi connectivity index (χ0n) is 7.65. The van der Waals surface area contributed by atoms with Gasteiger partial charge in [0, 0.05) is 12.6 Å². The second-order valence-electron chi connectivity index (χ2n) is 3.07. The van der Waals surface area contributed by atoms with Crippen molar-refractivity contribution >= 4 is 6.09 Å². The van der Waals surface area contributed by atoms with Crippen LogP contribution in [0.3, 0.4) is 0 Å². The average molecular weight is 181 g/mol. The van der Waals surface area contributed by atoms with Gasteiger partial charge in [0.2, 0.25) is 0 Å². The summed E-state index contributed by atoms with van der Waals surface area (Å²) in [6, 6.07) is 0. The van der Waals surface area contributed by atoms with Gasteiger partial charge in [-0.2, -0.15) is 5.10 Å². The summed E-state index contributed by atoms with van der Waals surface area (Å²) in [6.45, 7) is 1.20. The van der Waals surface area contributed by atoms with Crippen LogP contribution in [0.25, 0.3) is 0 Å². The largest absolute Gasteiger partial charge is 0.453 e. The number of fused-ring (bicyclic) bond motifs is 1. The van der Waals surface area contributed by atoms with E-state index >= 15 is 0 Å². The molecule has 0 aromatic carbocycles. The molecular weight excluding hydrogens is 170 g/mol. The summed E-state index contributed by atoms with van der Waals surface area (Å²) in [5, 5.41) is 4.10. The molecule has 5 nitrogen and oxygen atoms in total. The molecule has 1 aliphatic rings. The van der Waals surface area contributed by atoms with E-state index in [-0.39, 0.29) is 6.09 Å². The van der Waals surface area contributed by atoms with E-state index in [1.165, 1.54) is 7.11 Å². The maximum Gasteiger partial charge on any atom is 0.410 e. The summed E-state index contributed by atoms with van der Waals surface area (Å²) in [5.74, 6) is 0. The first-order valence-corrected chi connectivity index (χ1v) is 4.05. The molecule has 0 radical (unpaired) electrons. The fourth-order valence-corrected chi connectivity index (χ4v) is 1.54. The van der Waals surface area contributed by atoms with Crippen molar-refractivity contribution < 1.29 is 9.53 Å². The third-order valence-corrected chi connectivity index (χ3v) is 2.28. The number of amides is 1. The van der Waals surface area contributed by atoms with Gasteiger partial charge in [0.05, 0.1) is 32.1 Å². The highest BCUT2D eigenvalue weighted by Crippen LogP contribution is 2.21. The number of nitrogens with zero attached hydrogens (tertiary/aromatic N) is 3. The Hall–Kier alpha value is -1.52. The van der Waals surface area contributed by atoms with Gasteiger partial charge < -0.3 is 4.74 Å². The van der Waals surface area contributed by atoms with Gasteiger partial charge in [0.15, 0.2) is 0 Å². The smallest absolute Gasteiger partial charge is 0.410 e. The van der Waals surface area contributed by atoms with Crippen LogP contribution in [-0.4, -0.2) is 27.9 Å². The Kier molecular flexibility index (Phi) is 1.72. The summed E-state index contributed by atoms with van der Waals surface area (Å²) in [4.78, 5) is 12.8. The Balaban J connectivity index is 2.18. The Morgan fingerprint density at radius 2 is 2.38 bits per heavy atom. The predicted molar refractivity (Wildman–Crippen MR) is 44.9 cm³/mol. The molecule has 1 amide bonds. The lowest BCUT2D eigenvalue weighted by Gasteiger charge is -2.13. The van der Waals surface area contributed by atoms with E-state index in [9.17, 15) is 4.79 Å². The number of ether oxygens (including phenoxy) is 1. The van der Waals surface area contributed by atoms with Gasteiger partial charge in [-0.1, -0.05) is 0 Å². The molecular formula is C8H11N3O2. The van der Waals surface area contributed by atoms with Crippen LogP contribution in [0.1, 0.15) is 11.3 Å². The lowest BCUT2D eigenvalue weighted by molar-refractivity contribution is 0.122. The van der Waals surface area contributed by atoms with E-state index in [0.717, 1.165) is 11.3 Å². The number of hydrogen-bond acceptors (Lipinski definition) is 3. The van der Waals surface area contributed by atoms with Crippen molar-refractivity contribution in [2.45, 2.75) is 13.1 Å². The first-order chi connectivity index (χ1) is 6.22. The van der Waals surface area contributed by atoms with Crippen LogP contribution in [0.2, 0.25) is 0 Å². The third kappa shape index (κ3) is 1.16. The molecule has 0 spiro atoms. The zero-order valence-corrected chi connectivity index (χ0v) is 7.65. The van der Waals surface area contributed by atoms with Crippen LogP contribution in [0.15, 0.2) is 6.20 Å². The number of carbonyl (C=O) groups excluding carboxylic acids is 1. The first-order valence-electron chi connectivity index (χ1n) is 4.05. The summed E-state index contributed by atoms with van der Waals surface area (Å²) in [7, 11) is 3.27. The van der Waals surface area contributed by atoms with Crippen molar-refractivity contribution in [3.63, 3.8) is 0 Å². The quantitative estimate of drug-likeness (QED) is 0.585. The van der Waals surface area contributed by atoms with E-state index in [1.54, 1.807) is 15.8 Å². The maximum absolute atomic E-state index is 11.2. The number of hydrogen-bond donors (Lipinski definition) is 0. The Labute approximate surface area is 75.9 Å². The number of carbonyl (C=O) groups is 1. The van der Waals surface area contributed by atoms with Gasteiger partial charge in [-0.3, -0.25) is 9.58 Å².